The van der Waals surface area contributed by atoms with Crippen molar-refractivity contribution >= 4 is 27.6 Å². The van der Waals surface area contributed by atoms with Gasteiger partial charge in [0.15, 0.2) is 0 Å². The van der Waals surface area contributed by atoms with Crippen molar-refractivity contribution in [3.8, 4) is 0 Å². The molecule has 0 aliphatic carbocycles. The van der Waals surface area contributed by atoms with Crippen LogP contribution in [0.1, 0.15) is 37.0 Å². The highest BCUT2D eigenvalue weighted by Crippen LogP contribution is 2.33. The molecule has 1 aliphatic heterocycles. The van der Waals surface area contributed by atoms with E-state index in [-0.39, 0.29) is 0 Å². The lowest BCUT2D eigenvalue weighted by Crippen LogP contribution is -2.34. The van der Waals surface area contributed by atoms with E-state index in [1.807, 2.05) is 12.1 Å². The normalized spacial score (nSPS) is 19.6. The van der Waals surface area contributed by atoms with Crippen molar-refractivity contribution in [2.24, 2.45) is 5.92 Å². The van der Waals surface area contributed by atoms with Gasteiger partial charge in [0.1, 0.15) is 0 Å². The Bertz CT molecular complexity index is 459. The second-order valence-electron chi connectivity index (χ2n) is 5.11. The van der Waals surface area contributed by atoms with Crippen molar-refractivity contribution < 1.29 is 9.90 Å². The maximum atomic E-state index is 11.4. The summed E-state index contributed by atoms with van der Waals surface area (Å²) in [5.41, 5.74) is 1.24. The predicted molar refractivity (Wildman–Crippen MR) is 76.3 cm³/mol. The summed E-state index contributed by atoms with van der Waals surface area (Å²) in [5.74, 6) is -0.321. The van der Waals surface area contributed by atoms with Crippen molar-refractivity contribution in [3.05, 3.63) is 28.2 Å². The molecular weight excluding hydrogens is 294 g/mol. The number of carbonyl (C=O) groups is 1. The molecule has 0 amide bonds. The molecule has 1 heterocycles. The number of benzene rings is 1. The molecule has 2 rings (SSSR count). The van der Waals surface area contributed by atoms with E-state index in [0.717, 1.165) is 29.5 Å². The summed E-state index contributed by atoms with van der Waals surface area (Å²) in [7, 11) is 0. The molecule has 1 aliphatic rings. The number of carboxylic acids is 1. The standard InChI is InChI=1S/C14H18BrNO2/c1-9(2)12-4-3-7-16(12)13-6-5-10(15)8-11(13)14(17)18/h5-6,8-9,12H,3-4,7H2,1-2H3,(H,17,18). The van der Waals surface area contributed by atoms with E-state index in [0.29, 0.717) is 17.5 Å². The Morgan fingerprint density at radius 1 is 1.50 bits per heavy atom. The van der Waals surface area contributed by atoms with Crippen molar-refractivity contribution in [2.45, 2.75) is 32.7 Å². The van der Waals surface area contributed by atoms with Gasteiger partial charge in [0.25, 0.3) is 0 Å². The quantitative estimate of drug-likeness (QED) is 0.923. The average Bonchev–Trinajstić information content (AvgIpc) is 2.77. The second kappa shape index (κ2) is 5.31. The maximum Gasteiger partial charge on any atom is 0.337 e. The van der Waals surface area contributed by atoms with Crippen molar-refractivity contribution in [1.29, 1.82) is 0 Å². The molecule has 0 spiro atoms. The van der Waals surface area contributed by atoms with Crippen LogP contribution in [0.3, 0.4) is 0 Å². The van der Waals surface area contributed by atoms with Crippen molar-refractivity contribution in [1.82, 2.24) is 0 Å². The third kappa shape index (κ3) is 2.53. The first-order valence-electron chi connectivity index (χ1n) is 6.30. The van der Waals surface area contributed by atoms with Gasteiger partial charge in [-0.15, -0.1) is 0 Å². The van der Waals surface area contributed by atoms with Crippen LogP contribution in [-0.2, 0) is 0 Å². The van der Waals surface area contributed by atoms with Gasteiger partial charge in [-0.25, -0.2) is 4.79 Å². The van der Waals surface area contributed by atoms with E-state index < -0.39 is 5.97 Å². The summed E-state index contributed by atoms with van der Waals surface area (Å²) >= 11 is 3.34. The van der Waals surface area contributed by atoms with Crippen LogP contribution in [0, 0.1) is 5.92 Å². The minimum Gasteiger partial charge on any atom is -0.478 e. The summed E-state index contributed by atoms with van der Waals surface area (Å²) in [5, 5.41) is 9.33. The first-order valence-corrected chi connectivity index (χ1v) is 7.09. The largest absolute Gasteiger partial charge is 0.478 e. The lowest BCUT2D eigenvalue weighted by Gasteiger charge is -2.30. The summed E-state index contributed by atoms with van der Waals surface area (Å²) in [4.78, 5) is 13.6. The highest BCUT2D eigenvalue weighted by molar-refractivity contribution is 9.10. The van der Waals surface area contributed by atoms with E-state index in [2.05, 4.69) is 34.7 Å². The Kier molecular flexibility index (Phi) is 3.95. The molecule has 0 bridgehead atoms. The molecule has 0 saturated carbocycles. The van der Waals surface area contributed by atoms with Crippen LogP contribution < -0.4 is 4.90 Å². The fraction of sp³-hybridized carbons (Fsp3) is 0.500. The summed E-state index contributed by atoms with van der Waals surface area (Å²) in [6.07, 6.45) is 2.28. The third-order valence-corrected chi connectivity index (χ3v) is 4.06. The molecule has 1 unspecified atom stereocenters. The molecule has 1 saturated heterocycles. The number of rotatable bonds is 3. The monoisotopic (exact) mass is 311 g/mol. The molecule has 98 valence electrons. The van der Waals surface area contributed by atoms with Crippen LogP contribution in [-0.4, -0.2) is 23.7 Å². The number of carboxylic acid groups (broad SMARTS) is 1. The Morgan fingerprint density at radius 3 is 2.83 bits per heavy atom. The van der Waals surface area contributed by atoms with E-state index in [1.54, 1.807) is 6.07 Å². The smallest absolute Gasteiger partial charge is 0.337 e. The lowest BCUT2D eigenvalue weighted by molar-refractivity contribution is 0.0697. The highest BCUT2D eigenvalue weighted by Gasteiger charge is 2.29. The van der Waals surface area contributed by atoms with Gasteiger partial charge in [0, 0.05) is 17.1 Å². The maximum absolute atomic E-state index is 11.4. The molecule has 18 heavy (non-hydrogen) atoms. The molecule has 1 atom stereocenters. The van der Waals surface area contributed by atoms with Gasteiger partial charge in [-0.1, -0.05) is 29.8 Å². The Hall–Kier alpha value is -1.03. The van der Waals surface area contributed by atoms with Crippen molar-refractivity contribution in [3.63, 3.8) is 0 Å². The number of halogens is 1. The van der Waals surface area contributed by atoms with Crippen molar-refractivity contribution in [2.75, 3.05) is 11.4 Å². The zero-order valence-corrected chi connectivity index (χ0v) is 12.3. The summed E-state index contributed by atoms with van der Waals surface area (Å²) < 4.78 is 0.809. The van der Waals surface area contributed by atoms with E-state index in [9.17, 15) is 9.90 Å². The van der Waals surface area contributed by atoms with Crippen LogP contribution in [0.15, 0.2) is 22.7 Å². The first kappa shape index (κ1) is 13.4. The molecule has 4 heteroatoms. The molecule has 1 aromatic carbocycles. The topological polar surface area (TPSA) is 40.5 Å². The number of hydrogen-bond acceptors (Lipinski definition) is 2. The van der Waals surface area contributed by atoms with Gasteiger partial charge in [-0.05, 0) is 37.0 Å². The number of aromatic carboxylic acids is 1. The highest BCUT2D eigenvalue weighted by atomic mass is 79.9. The van der Waals surface area contributed by atoms with E-state index in [1.165, 1.54) is 0 Å². The molecule has 1 fully saturated rings. The average molecular weight is 312 g/mol. The molecule has 1 aromatic rings. The van der Waals surface area contributed by atoms with Crippen LogP contribution in [0.2, 0.25) is 0 Å². The molecule has 1 N–H and O–H groups in total. The van der Waals surface area contributed by atoms with E-state index >= 15 is 0 Å². The first-order chi connectivity index (χ1) is 8.50. The SMILES string of the molecule is CC(C)C1CCCN1c1ccc(Br)cc1C(=O)O. The molecule has 0 radical (unpaired) electrons. The molecular formula is C14H18BrNO2. The van der Waals surface area contributed by atoms with Gasteiger partial charge in [-0.2, -0.15) is 0 Å². The number of nitrogens with zero attached hydrogens (tertiary/aromatic N) is 1. The van der Waals surface area contributed by atoms with Crippen LogP contribution in [0.5, 0.6) is 0 Å². The lowest BCUT2D eigenvalue weighted by atomic mass is 10.0. The Morgan fingerprint density at radius 2 is 2.22 bits per heavy atom. The minimum atomic E-state index is -0.860. The van der Waals surface area contributed by atoms with Crippen LogP contribution in [0.25, 0.3) is 0 Å². The van der Waals surface area contributed by atoms with Gasteiger partial charge in [-0.3, -0.25) is 0 Å². The predicted octanol–water partition coefficient (Wildman–Crippen LogP) is 3.77. The zero-order chi connectivity index (χ0) is 13.3. The Balaban J connectivity index is 2.41. The molecule has 0 aromatic heterocycles. The van der Waals surface area contributed by atoms with Gasteiger partial charge in [0.05, 0.1) is 11.3 Å². The fourth-order valence-electron chi connectivity index (χ4n) is 2.71. The second-order valence-corrected chi connectivity index (χ2v) is 6.03. The fourth-order valence-corrected chi connectivity index (χ4v) is 3.08. The van der Waals surface area contributed by atoms with E-state index in [4.69, 9.17) is 0 Å². The van der Waals surface area contributed by atoms with Gasteiger partial charge >= 0.3 is 5.97 Å². The minimum absolute atomic E-state index is 0.386. The number of hydrogen-bond donors (Lipinski definition) is 1. The van der Waals surface area contributed by atoms with Gasteiger partial charge < -0.3 is 10.0 Å². The Labute approximate surface area is 116 Å². The zero-order valence-electron chi connectivity index (χ0n) is 10.7. The third-order valence-electron chi connectivity index (χ3n) is 3.57. The summed E-state index contributed by atoms with van der Waals surface area (Å²) in [6.45, 7) is 5.34. The number of anilines is 1. The van der Waals surface area contributed by atoms with Gasteiger partial charge in [0.2, 0.25) is 0 Å². The summed E-state index contributed by atoms with van der Waals surface area (Å²) in [6, 6.07) is 5.96. The van der Waals surface area contributed by atoms with Crippen LogP contribution >= 0.6 is 15.9 Å². The van der Waals surface area contributed by atoms with Crippen LogP contribution in [0.4, 0.5) is 5.69 Å². The molecule has 3 nitrogen and oxygen atoms in total.